The molecule has 0 atom stereocenters. The van der Waals surface area contributed by atoms with E-state index in [9.17, 15) is 0 Å². The smallest absolute Gasteiger partial charge is 0.379 e. The van der Waals surface area contributed by atoms with E-state index >= 15 is 0 Å². The van der Waals surface area contributed by atoms with Crippen LogP contribution in [0.5, 0.6) is 0 Å². The maximum Gasteiger partial charge on any atom is 0.501 e. The lowest BCUT2D eigenvalue weighted by Gasteiger charge is -2.28. The van der Waals surface area contributed by atoms with Gasteiger partial charge in [0.15, 0.2) is 0 Å². The van der Waals surface area contributed by atoms with Crippen LogP contribution in [0, 0.1) is 12.3 Å². The third-order valence-electron chi connectivity index (χ3n) is 2.42. The molecule has 0 aromatic carbocycles. The van der Waals surface area contributed by atoms with Crippen molar-refractivity contribution in [1.29, 1.82) is 0 Å². The predicted molar refractivity (Wildman–Crippen MR) is 80.5 cm³/mol. The summed E-state index contributed by atoms with van der Waals surface area (Å²) in [5.74, 6) is 2.41. The van der Waals surface area contributed by atoms with Crippen molar-refractivity contribution in [3.8, 4) is 12.3 Å². The Morgan fingerprint density at radius 1 is 0.850 bits per heavy atom. The lowest BCUT2D eigenvalue weighted by molar-refractivity contribution is 0.0507. The van der Waals surface area contributed by atoms with Crippen LogP contribution in [0.3, 0.4) is 0 Å². The molecule has 118 valence electrons. The summed E-state index contributed by atoms with van der Waals surface area (Å²) >= 11 is 0. The fraction of sp³-hybridized carbons (Fsp3) is 0.857. The Kier molecular flexibility index (Phi) is 13.3. The Morgan fingerprint density at radius 2 is 1.40 bits per heavy atom. The Hall–Kier alpha value is -0.423. The normalized spacial score (nSPS) is 11.5. The van der Waals surface area contributed by atoms with Crippen LogP contribution in [0.25, 0.3) is 0 Å². The monoisotopic (exact) mass is 304 g/mol. The second kappa shape index (κ2) is 13.6. The molecule has 0 heterocycles. The summed E-state index contributed by atoms with van der Waals surface area (Å²) in [7, 11) is -2.51. The topological polar surface area (TPSA) is 46.2 Å². The molecule has 0 radical (unpaired) electrons. The van der Waals surface area contributed by atoms with Crippen LogP contribution in [0.4, 0.5) is 0 Å². The van der Waals surface area contributed by atoms with E-state index in [1.807, 2.05) is 20.8 Å². The highest BCUT2D eigenvalue weighted by Crippen LogP contribution is 2.18. The van der Waals surface area contributed by atoms with Crippen molar-refractivity contribution in [3.63, 3.8) is 0 Å². The van der Waals surface area contributed by atoms with Crippen LogP contribution < -0.4 is 0 Å². The van der Waals surface area contributed by atoms with Gasteiger partial charge in [0.05, 0.1) is 13.2 Å². The SMILES string of the molecule is C#CCOCCOCCC[Si](OCC)(OCC)OCC. The van der Waals surface area contributed by atoms with Gasteiger partial charge in [0.25, 0.3) is 0 Å². The molecule has 0 aromatic rings. The number of hydrogen-bond acceptors (Lipinski definition) is 5. The van der Waals surface area contributed by atoms with Crippen molar-refractivity contribution in [2.75, 3.05) is 46.2 Å². The van der Waals surface area contributed by atoms with Gasteiger partial charge in [-0.1, -0.05) is 5.92 Å². The van der Waals surface area contributed by atoms with Crippen molar-refractivity contribution >= 4 is 8.80 Å². The molecule has 0 aliphatic carbocycles. The molecule has 0 saturated carbocycles. The highest BCUT2D eigenvalue weighted by molar-refractivity contribution is 6.60. The third kappa shape index (κ3) is 9.48. The fourth-order valence-corrected chi connectivity index (χ4v) is 4.32. The molecule has 5 nitrogen and oxygen atoms in total. The van der Waals surface area contributed by atoms with Gasteiger partial charge in [0, 0.05) is 32.5 Å². The van der Waals surface area contributed by atoms with Gasteiger partial charge in [-0.25, -0.2) is 0 Å². The van der Waals surface area contributed by atoms with Crippen LogP contribution >= 0.6 is 0 Å². The Morgan fingerprint density at radius 3 is 1.90 bits per heavy atom. The maximum absolute atomic E-state index is 5.76. The Labute approximate surface area is 124 Å². The molecule has 0 unspecified atom stereocenters. The van der Waals surface area contributed by atoms with Crippen LogP contribution in [-0.2, 0) is 22.8 Å². The maximum atomic E-state index is 5.76. The van der Waals surface area contributed by atoms with Gasteiger partial charge < -0.3 is 22.8 Å². The van der Waals surface area contributed by atoms with E-state index in [0.29, 0.717) is 46.2 Å². The molecule has 0 fully saturated rings. The van der Waals surface area contributed by atoms with Gasteiger partial charge in [-0.05, 0) is 27.2 Å². The minimum atomic E-state index is -2.51. The molecule has 0 spiro atoms. The van der Waals surface area contributed by atoms with Gasteiger partial charge in [-0.3, -0.25) is 0 Å². The Bertz CT molecular complexity index is 237. The van der Waals surface area contributed by atoms with Crippen LogP contribution in [-0.4, -0.2) is 55.1 Å². The fourth-order valence-electron chi connectivity index (χ4n) is 1.74. The van der Waals surface area contributed by atoms with Crippen molar-refractivity contribution in [3.05, 3.63) is 0 Å². The number of ether oxygens (including phenoxy) is 2. The van der Waals surface area contributed by atoms with Crippen molar-refractivity contribution in [1.82, 2.24) is 0 Å². The number of hydrogen-bond donors (Lipinski definition) is 0. The second-order valence-corrected chi connectivity index (χ2v) is 6.69. The quantitative estimate of drug-likeness (QED) is 0.279. The average molecular weight is 304 g/mol. The standard InChI is InChI=1S/C14H28O5Si/c1-5-10-15-12-13-16-11-9-14-20(17-6-2,18-7-3)19-8-4/h1H,6-14H2,2-4H3. The second-order valence-electron chi connectivity index (χ2n) is 3.95. The summed E-state index contributed by atoms with van der Waals surface area (Å²) < 4.78 is 27.9. The van der Waals surface area contributed by atoms with E-state index in [4.69, 9.17) is 29.2 Å². The van der Waals surface area contributed by atoms with E-state index in [1.165, 1.54) is 0 Å². The summed E-state index contributed by atoms with van der Waals surface area (Å²) in [6.07, 6.45) is 5.92. The molecule has 0 saturated heterocycles. The van der Waals surface area contributed by atoms with Gasteiger partial charge >= 0.3 is 8.80 Å². The zero-order valence-corrected chi connectivity index (χ0v) is 14.0. The summed E-state index contributed by atoms with van der Waals surface area (Å²) in [5.41, 5.74) is 0. The number of terminal acetylenes is 1. The summed E-state index contributed by atoms with van der Waals surface area (Å²) in [4.78, 5) is 0. The molecule has 0 aliphatic heterocycles. The van der Waals surface area contributed by atoms with Gasteiger partial charge in [0.1, 0.15) is 6.61 Å². The first-order chi connectivity index (χ1) is 9.74. The summed E-state index contributed by atoms with van der Waals surface area (Å²) in [6, 6.07) is 0.772. The van der Waals surface area contributed by atoms with Gasteiger partial charge in [-0.15, -0.1) is 6.42 Å². The average Bonchev–Trinajstić information content (AvgIpc) is 2.43. The lowest BCUT2D eigenvalue weighted by Crippen LogP contribution is -2.46. The van der Waals surface area contributed by atoms with E-state index in [-0.39, 0.29) is 0 Å². The predicted octanol–water partition coefficient (Wildman–Crippen LogP) is 2.09. The minimum Gasteiger partial charge on any atom is -0.379 e. The molecule has 0 aromatic heterocycles. The highest BCUT2D eigenvalue weighted by Gasteiger charge is 2.39. The van der Waals surface area contributed by atoms with Gasteiger partial charge in [-0.2, -0.15) is 0 Å². The zero-order chi connectivity index (χ0) is 15.1. The first kappa shape index (κ1) is 19.6. The molecule has 0 rings (SSSR count). The first-order valence-electron chi connectivity index (χ1n) is 7.25. The van der Waals surface area contributed by atoms with E-state index < -0.39 is 8.80 Å². The molecule has 20 heavy (non-hydrogen) atoms. The molecular weight excluding hydrogens is 276 g/mol. The molecule has 0 aliphatic rings. The largest absolute Gasteiger partial charge is 0.501 e. The molecule has 0 bridgehead atoms. The van der Waals surface area contributed by atoms with Crippen molar-refractivity contribution < 1.29 is 22.8 Å². The van der Waals surface area contributed by atoms with Gasteiger partial charge in [0.2, 0.25) is 0 Å². The van der Waals surface area contributed by atoms with Crippen molar-refractivity contribution in [2.24, 2.45) is 0 Å². The molecule has 0 amide bonds. The van der Waals surface area contributed by atoms with Crippen LogP contribution in [0.15, 0.2) is 0 Å². The van der Waals surface area contributed by atoms with Crippen molar-refractivity contribution in [2.45, 2.75) is 33.2 Å². The molecular formula is C14H28O5Si. The van der Waals surface area contributed by atoms with Crippen LogP contribution in [0.1, 0.15) is 27.2 Å². The highest BCUT2D eigenvalue weighted by atomic mass is 28.4. The van der Waals surface area contributed by atoms with E-state index in [0.717, 1.165) is 12.5 Å². The van der Waals surface area contributed by atoms with Crippen LogP contribution in [0.2, 0.25) is 6.04 Å². The molecule has 6 heteroatoms. The lowest BCUT2D eigenvalue weighted by atomic mass is 10.5. The van der Waals surface area contributed by atoms with E-state index in [1.54, 1.807) is 0 Å². The third-order valence-corrected chi connectivity index (χ3v) is 5.57. The minimum absolute atomic E-state index is 0.332. The molecule has 0 N–H and O–H groups in total. The Balaban J connectivity index is 3.86. The first-order valence-corrected chi connectivity index (χ1v) is 9.18. The van der Waals surface area contributed by atoms with E-state index in [2.05, 4.69) is 5.92 Å². The summed E-state index contributed by atoms with van der Waals surface area (Å²) in [5, 5.41) is 0. The zero-order valence-electron chi connectivity index (χ0n) is 13.0. The summed E-state index contributed by atoms with van der Waals surface area (Å²) in [6.45, 7) is 9.73. The number of rotatable bonds is 14.